The van der Waals surface area contributed by atoms with Gasteiger partial charge in [0, 0.05) is 10.6 Å². The number of aryl methyl sites for hydroxylation is 2. The van der Waals surface area contributed by atoms with E-state index in [4.69, 9.17) is 0 Å². The fourth-order valence-corrected chi connectivity index (χ4v) is 5.54. The topological polar surface area (TPSA) is 64.0 Å². The van der Waals surface area contributed by atoms with Crippen LogP contribution < -0.4 is 10.9 Å². The summed E-state index contributed by atoms with van der Waals surface area (Å²) in [6.07, 6.45) is 4.51. The summed E-state index contributed by atoms with van der Waals surface area (Å²) >= 11 is 1.64. The first-order valence-corrected chi connectivity index (χ1v) is 11.3. The van der Waals surface area contributed by atoms with E-state index in [1.807, 2.05) is 32.0 Å². The molecule has 4 rings (SSSR count). The number of thiophene rings is 1. The number of aromatic nitrogens is 2. The minimum Gasteiger partial charge on any atom is -0.324 e. The van der Waals surface area contributed by atoms with Crippen molar-refractivity contribution >= 4 is 33.1 Å². The van der Waals surface area contributed by atoms with Gasteiger partial charge in [-0.3, -0.25) is 14.2 Å². The third-order valence-electron chi connectivity index (χ3n) is 6.45. The Morgan fingerprint density at radius 1 is 1.30 bits per heavy atom. The summed E-state index contributed by atoms with van der Waals surface area (Å²) in [6.45, 7) is 10.8. The molecule has 0 saturated heterocycles. The third kappa shape index (κ3) is 3.81. The van der Waals surface area contributed by atoms with Gasteiger partial charge in [0.2, 0.25) is 5.91 Å². The fourth-order valence-electron chi connectivity index (χ4n) is 4.28. The largest absolute Gasteiger partial charge is 0.324 e. The van der Waals surface area contributed by atoms with Crippen molar-refractivity contribution in [3.05, 3.63) is 56.4 Å². The summed E-state index contributed by atoms with van der Waals surface area (Å²) in [7, 11) is 0. The minimum atomic E-state index is -0.219. The van der Waals surface area contributed by atoms with Gasteiger partial charge in [0.15, 0.2) is 0 Å². The number of anilines is 1. The van der Waals surface area contributed by atoms with E-state index >= 15 is 0 Å². The van der Waals surface area contributed by atoms with Gasteiger partial charge < -0.3 is 5.32 Å². The van der Waals surface area contributed by atoms with Crippen molar-refractivity contribution in [1.29, 1.82) is 0 Å². The van der Waals surface area contributed by atoms with Crippen LogP contribution in [0.1, 0.15) is 48.8 Å². The zero-order chi connectivity index (χ0) is 21.6. The Bertz CT molecular complexity index is 1180. The van der Waals surface area contributed by atoms with Gasteiger partial charge in [-0.2, -0.15) is 0 Å². The highest BCUT2D eigenvalue weighted by Crippen LogP contribution is 2.41. The normalized spacial score (nSPS) is 16.5. The van der Waals surface area contributed by atoms with Crippen LogP contribution in [-0.2, 0) is 24.2 Å². The number of fused-ring (bicyclic) bond motifs is 3. The van der Waals surface area contributed by atoms with Gasteiger partial charge >= 0.3 is 0 Å². The molecule has 30 heavy (non-hydrogen) atoms. The Morgan fingerprint density at radius 3 is 2.80 bits per heavy atom. The summed E-state index contributed by atoms with van der Waals surface area (Å²) in [5.41, 5.74) is 4.23. The van der Waals surface area contributed by atoms with Crippen LogP contribution in [0.5, 0.6) is 0 Å². The van der Waals surface area contributed by atoms with Gasteiger partial charge in [0.25, 0.3) is 5.56 Å². The lowest BCUT2D eigenvalue weighted by Gasteiger charge is -2.33. The Hall–Kier alpha value is -2.47. The number of nitrogens with one attached hydrogen (secondary N) is 1. The molecule has 1 atom stereocenters. The molecule has 0 saturated carbocycles. The molecule has 1 aliphatic carbocycles. The van der Waals surface area contributed by atoms with E-state index in [9.17, 15) is 9.59 Å². The smallest absolute Gasteiger partial charge is 0.262 e. The van der Waals surface area contributed by atoms with Crippen LogP contribution in [0.2, 0.25) is 0 Å². The van der Waals surface area contributed by atoms with Crippen molar-refractivity contribution in [2.24, 2.45) is 11.3 Å². The van der Waals surface area contributed by atoms with Gasteiger partial charge in [-0.05, 0) is 67.2 Å². The van der Waals surface area contributed by atoms with E-state index in [1.54, 1.807) is 11.3 Å². The molecule has 158 valence electrons. The monoisotopic (exact) mass is 423 g/mol. The molecule has 0 radical (unpaired) electrons. The lowest BCUT2D eigenvalue weighted by Crippen LogP contribution is -2.29. The van der Waals surface area contributed by atoms with Gasteiger partial charge in [0.1, 0.15) is 11.4 Å². The van der Waals surface area contributed by atoms with Crippen LogP contribution in [0.4, 0.5) is 5.69 Å². The van der Waals surface area contributed by atoms with Crippen molar-refractivity contribution in [1.82, 2.24) is 9.55 Å². The molecule has 0 aliphatic heterocycles. The maximum atomic E-state index is 13.2. The van der Waals surface area contributed by atoms with Crippen LogP contribution in [0.25, 0.3) is 10.2 Å². The summed E-state index contributed by atoms with van der Waals surface area (Å²) in [5, 5.41) is 3.64. The Labute approximate surface area is 181 Å². The Kier molecular flexibility index (Phi) is 5.30. The second-order valence-corrected chi connectivity index (χ2v) is 10.5. The van der Waals surface area contributed by atoms with Crippen LogP contribution in [0, 0.1) is 25.2 Å². The second-order valence-electron chi connectivity index (χ2n) is 9.46. The van der Waals surface area contributed by atoms with Crippen molar-refractivity contribution in [3.63, 3.8) is 0 Å². The van der Waals surface area contributed by atoms with E-state index in [-0.39, 0.29) is 23.4 Å². The molecule has 1 aromatic carbocycles. The second kappa shape index (κ2) is 7.65. The average molecular weight is 424 g/mol. The third-order valence-corrected chi connectivity index (χ3v) is 7.62. The highest BCUT2D eigenvalue weighted by Gasteiger charge is 2.31. The van der Waals surface area contributed by atoms with E-state index < -0.39 is 0 Å². The Morgan fingerprint density at radius 2 is 2.07 bits per heavy atom. The van der Waals surface area contributed by atoms with E-state index in [1.165, 1.54) is 15.8 Å². The van der Waals surface area contributed by atoms with Crippen molar-refractivity contribution < 1.29 is 4.79 Å². The molecule has 1 aliphatic rings. The predicted molar refractivity (Wildman–Crippen MR) is 123 cm³/mol. The molecule has 6 heteroatoms. The highest BCUT2D eigenvalue weighted by atomic mass is 32.1. The summed E-state index contributed by atoms with van der Waals surface area (Å²) in [6, 6.07) is 5.81. The zero-order valence-corrected chi connectivity index (χ0v) is 19.2. The highest BCUT2D eigenvalue weighted by molar-refractivity contribution is 7.18. The van der Waals surface area contributed by atoms with Gasteiger partial charge in [-0.15, -0.1) is 11.3 Å². The molecule has 2 aromatic heterocycles. The van der Waals surface area contributed by atoms with Crippen molar-refractivity contribution in [2.75, 3.05) is 5.32 Å². The number of carbonyl (C=O) groups excluding carboxylic acids is 1. The van der Waals surface area contributed by atoms with Gasteiger partial charge in [-0.25, -0.2) is 4.98 Å². The zero-order valence-electron chi connectivity index (χ0n) is 18.3. The number of carbonyl (C=O) groups is 1. The summed E-state index contributed by atoms with van der Waals surface area (Å²) in [5.74, 6) is 0.396. The predicted octanol–water partition coefficient (Wildman–Crippen LogP) is 4.86. The standard InChI is InChI=1S/C24H29N3O2S/c1-14-7-6-8-18(15(14)2)26-20(28)12-27-13-25-22-21(23(27)29)17-10-9-16(24(3,4)5)11-19(17)30-22/h6-8,13,16H,9-12H2,1-5H3,(H,26,28)/t16-/m1/s1. The molecule has 1 N–H and O–H groups in total. The molecule has 3 aromatic rings. The lowest BCUT2D eigenvalue weighted by atomic mass is 9.72. The molecular weight excluding hydrogens is 394 g/mol. The number of hydrogen-bond donors (Lipinski definition) is 1. The molecule has 0 bridgehead atoms. The number of benzene rings is 1. The molecule has 0 spiro atoms. The Balaban J connectivity index is 1.61. The molecule has 1 amide bonds. The van der Waals surface area contributed by atoms with Crippen molar-refractivity contribution in [3.8, 4) is 0 Å². The minimum absolute atomic E-state index is 0.0373. The average Bonchev–Trinajstić information content (AvgIpc) is 3.05. The number of hydrogen-bond acceptors (Lipinski definition) is 4. The molecule has 0 fully saturated rings. The van der Waals surface area contributed by atoms with Crippen LogP contribution in [0.15, 0.2) is 29.3 Å². The molecule has 5 nitrogen and oxygen atoms in total. The van der Waals surface area contributed by atoms with Crippen molar-refractivity contribution in [2.45, 2.75) is 60.4 Å². The summed E-state index contributed by atoms with van der Waals surface area (Å²) in [4.78, 5) is 32.4. The van der Waals surface area contributed by atoms with E-state index in [0.29, 0.717) is 11.3 Å². The van der Waals surface area contributed by atoms with E-state index in [2.05, 4.69) is 31.1 Å². The fraction of sp³-hybridized carbons (Fsp3) is 0.458. The number of amides is 1. The number of nitrogens with zero attached hydrogens (tertiary/aromatic N) is 2. The first kappa shape index (κ1) is 20.8. The van der Waals surface area contributed by atoms with E-state index in [0.717, 1.165) is 46.5 Å². The first-order valence-electron chi connectivity index (χ1n) is 10.5. The van der Waals surface area contributed by atoms with Crippen LogP contribution in [-0.4, -0.2) is 15.5 Å². The van der Waals surface area contributed by atoms with Crippen LogP contribution >= 0.6 is 11.3 Å². The molecular formula is C24H29N3O2S. The summed E-state index contributed by atoms with van der Waals surface area (Å²) < 4.78 is 1.44. The lowest BCUT2D eigenvalue weighted by molar-refractivity contribution is -0.116. The quantitative estimate of drug-likeness (QED) is 0.654. The maximum Gasteiger partial charge on any atom is 0.262 e. The van der Waals surface area contributed by atoms with Crippen LogP contribution in [0.3, 0.4) is 0 Å². The first-order chi connectivity index (χ1) is 14.1. The van der Waals surface area contributed by atoms with Gasteiger partial charge in [0.05, 0.1) is 11.7 Å². The molecule has 2 heterocycles. The molecule has 0 unspecified atom stereocenters. The number of rotatable bonds is 3. The van der Waals surface area contributed by atoms with Gasteiger partial charge in [-0.1, -0.05) is 32.9 Å². The maximum absolute atomic E-state index is 13.2. The SMILES string of the molecule is Cc1cccc(NC(=O)Cn2cnc3sc4c(c3c2=O)CC[C@@H](C(C)(C)C)C4)c1C.